The molecule has 0 aliphatic rings. The van der Waals surface area contributed by atoms with Crippen molar-refractivity contribution in [2.24, 2.45) is 0 Å². The van der Waals surface area contributed by atoms with E-state index in [2.05, 4.69) is 24.3 Å². The van der Waals surface area contributed by atoms with Gasteiger partial charge in [0, 0.05) is 38.6 Å². The molecule has 0 saturated carbocycles. The zero-order valence-electron chi connectivity index (χ0n) is 40.0. The zero-order valence-corrected chi connectivity index (χ0v) is 40.0. The minimum absolute atomic E-state index is 0.0723. The van der Waals surface area contributed by atoms with E-state index in [-0.39, 0.29) is 61.6 Å². The fraction of sp³-hybridized carbons (Fsp3) is 0.0312. The standard InChI is InChI=1S/C64H33F6N7/c65-63(66,67)49-15-7-13-42(27-49)53-31-46(62-75-57(40-9-3-1-4-10-40)33-58(76-62)41-11-5-2-6-12-41)32-54(43-14-8-16-50(28-43)64(68,69)70)61(53)77-59-23-19-44(51-21-17-38(34-71)25-47(51)36-73)29-55(59)56-30-45(20-24-60(56)77)52-22-18-39(35-72)26-48(52)37-74/h1-33H. The van der Waals surface area contributed by atoms with E-state index in [9.17, 15) is 47.4 Å². The first-order valence-electron chi connectivity index (χ1n) is 23.7. The molecule has 0 amide bonds. The number of fused-ring (bicyclic) bond motifs is 3. The molecule has 0 bridgehead atoms. The Labute approximate surface area is 436 Å². The number of hydrogen-bond acceptors (Lipinski definition) is 6. The predicted molar refractivity (Wildman–Crippen MR) is 283 cm³/mol. The molecule has 9 aromatic carbocycles. The maximum absolute atomic E-state index is 14.9. The van der Waals surface area contributed by atoms with Crippen molar-refractivity contribution in [3.05, 3.63) is 234 Å². The van der Waals surface area contributed by atoms with E-state index in [1.54, 1.807) is 65.2 Å². The minimum Gasteiger partial charge on any atom is -0.308 e. The Morgan fingerprint density at radius 1 is 0.351 bits per heavy atom. The second-order valence-corrected chi connectivity index (χ2v) is 18.0. The van der Waals surface area contributed by atoms with Gasteiger partial charge in [0.05, 0.1) is 85.8 Å². The van der Waals surface area contributed by atoms with Crippen LogP contribution in [0.3, 0.4) is 0 Å². The van der Waals surface area contributed by atoms with Gasteiger partial charge in [-0.25, -0.2) is 9.97 Å². The first-order valence-corrected chi connectivity index (χ1v) is 23.7. The Morgan fingerprint density at radius 3 is 1.17 bits per heavy atom. The molecule has 0 aliphatic heterocycles. The fourth-order valence-corrected chi connectivity index (χ4v) is 9.78. The number of alkyl halides is 6. The molecule has 366 valence electrons. The van der Waals surface area contributed by atoms with Crippen LogP contribution in [0.15, 0.2) is 200 Å². The lowest BCUT2D eigenvalue weighted by molar-refractivity contribution is -0.138. The molecule has 0 N–H and O–H groups in total. The molecule has 0 atom stereocenters. The summed E-state index contributed by atoms with van der Waals surface area (Å²) in [6.45, 7) is 0. The lowest BCUT2D eigenvalue weighted by Gasteiger charge is -2.22. The normalized spacial score (nSPS) is 11.5. The van der Waals surface area contributed by atoms with Crippen LogP contribution >= 0.6 is 0 Å². The van der Waals surface area contributed by atoms with Gasteiger partial charge >= 0.3 is 12.4 Å². The number of rotatable bonds is 8. The Hall–Kier alpha value is -10.6. The third-order valence-electron chi connectivity index (χ3n) is 13.4. The smallest absolute Gasteiger partial charge is 0.308 e. The van der Waals surface area contributed by atoms with Crippen LogP contribution in [-0.4, -0.2) is 14.5 Å². The first-order chi connectivity index (χ1) is 37.2. The van der Waals surface area contributed by atoms with E-state index in [0.717, 1.165) is 35.4 Å². The third kappa shape index (κ3) is 9.16. The lowest BCUT2D eigenvalue weighted by Crippen LogP contribution is -2.07. The van der Waals surface area contributed by atoms with Crippen LogP contribution in [0.25, 0.3) is 106 Å². The van der Waals surface area contributed by atoms with Crippen molar-refractivity contribution in [1.82, 2.24) is 14.5 Å². The summed E-state index contributed by atoms with van der Waals surface area (Å²) >= 11 is 0. The maximum Gasteiger partial charge on any atom is 0.416 e. The largest absolute Gasteiger partial charge is 0.416 e. The molecule has 0 fully saturated rings. The van der Waals surface area contributed by atoms with Crippen molar-refractivity contribution >= 4 is 21.8 Å². The molecule has 0 unspecified atom stereocenters. The molecule has 13 heteroatoms. The molecule has 77 heavy (non-hydrogen) atoms. The van der Waals surface area contributed by atoms with E-state index in [4.69, 9.17) is 9.97 Å². The molecule has 7 nitrogen and oxygen atoms in total. The third-order valence-corrected chi connectivity index (χ3v) is 13.4. The SMILES string of the molecule is N#Cc1ccc(-c2ccc3c(c2)c2cc(-c4ccc(C#N)cc4C#N)ccc2n3-c2c(-c3cccc(C(F)(F)F)c3)cc(-c3nc(-c4ccccc4)cc(-c4ccccc4)n3)cc2-c2cccc(C(F)(F)F)c2)c(C#N)c1. The average molecular weight is 1010 g/mol. The van der Waals surface area contributed by atoms with Gasteiger partial charge < -0.3 is 4.57 Å². The van der Waals surface area contributed by atoms with Crippen LogP contribution in [0.5, 0.6) is 0 Å². The summed E-state index contributed by atoms with van der Waals surface area (Å²) in [5, 5.41) is 41.1. The van der Waals surface area contributed by atoms with Gasteiger partial charge in [0.1, 0.15) is 0 Å². The topological polar surface area (TPSA) is 126 Å². The lowest BCUT2D eigenvalue weighted by atomic mass is 9.91. The van der Waals surface area contributed by atoms with Crippen molar-refractivity contribution in [3.8, 4) is 108 Å². The molecule has 0 saturated heterocycles. The van der Waals surface area contributed by atoms with Crippen LogP contribution in [0, 0.1) is 45.3 Å². The molecule has 11 rings (SSSR count). The number of hydrogen-bond donors (Lipinski definition) is 0. The van der Waals surface area contributed by atoms with Gasteiger partial charge in [-0.1, -0.05) is 109 Å². The van der Waals surface area contributed by atoms with Crippen LogP contribution < -0.4 is 0 Å². The molecule has 2 aromatic heterocycles. The molecule has 0 radical (unpaired) electrons. The number of benzene rings is 9. The van der Waals surface area contributed by atoms with Gasteiger partial charge in [0.25, 0.3) is 0 Å². The van der Waals surface area contributed by atoms with Crippen molar-refractivity contribution in [2.45, 2.75) is 12.4 Å². The Kier molecular flexibility index (Phi) is 12.2. The van der Waals surface area contributed by atoms with E-state index < -0.39 is 23.5 Å². The van der Waals surface area contributed by atoms with Gasteiger partial charge in [-0.15, -0.1) is 0 Å². The molecule has 2 heterocycles. The molecule has 0 spiro atoms. The highest BCUT2D eigenvalue weighted by Crippen LogP contribution is 2.47. The van der Waals surface area contributed by atoms with Gasteiger partial charge in [-0.3, -0.25) is 0 Å². The van der Waals surface area contributed by atoms with E-state index in [0.29, 0.717) is 55.4 Å². The summed E-state index contributed by atoms with van der Waals surface area (Å²) in [5.41, 5.74) is 5.57. The quantitative estimate of drug-likeness (QED) is 0.140. The average Bonchev–Trinajstić information content (AvgIpc) is 4.05. The van der Waals surface area contributed by atoms with Gasteiger partial charge in [0.2, 0.25) is 0 Å². The van der Waals surface area contributed by atoms with Crippen molar-refractivity contribution in [2.75, 3.05) is 0 Å². The van der Waals surface area contributed by atoms with Crippen LogP contribution in [-0.2, 0) is 12.4 Å². The van der Waals surface area contributed by atoms with E-state index in [1.165, 1.54) is 36.4 Å². The number of aromatic nitrogens is 3. The zero-order chi connectivity index (χ0) is 53.6. The predicted octanol–water partition coefficient (Wildman–Crippen LogP) is 16.8. The summed E-state index contributed by atoms with van der Waals surface area (Å²) in [6.07, 6.45) is -9.59. The summed E-state index contributed by atoms with van der Waals surface area (Å²) in [5.74, 6) is 0.140. The second-order valence-electron chi connectivity index (χ2n) is 18.0. The first kappa shape index (κ1) is 48.7. The highest BCUT2D eigenvalue weighted by atomic mass is 19.4. The monoisotopic (exact) mass is 1010 g/mol. The summed E-state index contributed by atoms with van der Waals surface area (Å²) in [4.78, 5) is 10.1. The summed E-state index contributed by atoms with van der Waals surface area (Å²) in [7, 11) is 0. The van der Waals surface area contributed by atoms with Crippen molar-refractivity contribution in [3.63, 3.8) is 0 Å². The fourth-order valence-electron chi connectivity index (χ4n) is 9.78. The number of nitrogens with zero attached hydrogens (tertiary/aromatic N) is 7. The van der Waals surface area contributed by atoms with Crippen LogP contribution in [0.2, 0.25) is 0 Å². The van der Waals surface area contributed by atoms with Crippen molar-refractivity contribution < 1.29 is 26.3 Å². The highest BCUT2D eigenvalue weighted by molar-refractivity contribution is 6.13. The Bertz CT molecular complexity index is 4090. The minimum atomic E-state index is -4.80. The molecular formula is C64H33F6N7. The molecule has 0 aliphatic carbocycles. The van der Waals surface area contributed by atoms with Crippen LogP contribution in [0.4, 0.5) is 26.3 Å². The number of halogens is 6. The van der Waals surface area contributed by atoms with Gasteiger partial charge in [0.15, 0.2) is 5.82 Å². The number of nitriles is 4. The summed E-state index contributed by atoms with van der Waals surface area (Å²) in [6, 6.07) is 61.8. The van der Waals surface area contributed by atoms with Crippen LogP contribution in [0.1, 0.15) is 33.4 Å². The van der Waals surface area contributed by atoms with Gasteiger partial charge in [-0.05, 0) is 124 Å². The molecular weight excluding hydrogens is 981 g/mol. The maximum atomic E-state index is 14.9. The summed E-state index contributed by atoms with van der Waals surface area (Å²) < 4.78 is 91.1. The van der Waals surface area contributed by atoms with E-state index >= 15 is 0 Å². The molecule has 11 aromatic rings. The highest BCUT2D eigenvalue weighted by Gasteiger charge is 2.33. The second kappa shape index (κ2) is 19.3. The van der Waals surface area contributed by atoms with Crippen molar-refractivity contribution in [1.29, 1.82) is 21.0 Å². The Morgan fingerprint density at radius 2 is 0.766 bits per heavy atom. The Balaban J connectivity index is 1.30. The van der Waals surface area contributed by atoms with Gasteiger partial charge in [-0.2, -0.15) is 47.4 Å². The van der Waals surface area contributed by atoms with E-state index in [1.807, 2.05) is 78.9 Å².